The fourth-order valence-electron chi connectivity index (χ4n) is 2.95. The maximum Gasteiger partial charge on any atom is 0.434 e. The van der Waals surface area contributed by atoms with E-state index in [9.17, 15) is 22.4 Å². The summed E-state index contributed by atoms with van der Waals surface area (Å²) < 4.78 is 55.0. The third kappa shape index (κ3) is 4.45. The van der Waals surface area contributed by atoms with Gasteiger partial charge in [0, 0.05) is 39.3 Å². The Bertz CT molecular complexity index is 799. The average Bonchev–Trinajstić information content (AvgIpc) is 3.08. The monoisotopic (exact) mass is 385 g/mol. The van der Waals surface area contributed by atoms with Gasteiger partial charge in [0.1, 0.15) is 11.5 Å². The van der Waals surface area contributed by atoms with E-state index in [1.165, 1.54) is 18.2 Å². The van der Waals surface area contributed by atoms with Crippen LogP contribution in [0.3, 0.4) is 0 Å². The highest BCUT2D eigenvalue weighted by atomic mass is 19.4. The topological polar surface area (TPSA) is 62.2 Å². The Labute approximate surface area is 153 Å². The molecule has 1 fully saturated rings. The number of nitrogens with zero attached hydrogens (tertiary/aromatic N) is 3. The van der Waals surface area contributed by atoms with Gasteiger partial charge in [0.25, 0.3) is 5.91 Å². The Hall–Kier alpha value is -2.46. The number of hydrogen-bond donors (Lipinski definition) is 2. The number of nitrogens with one attached hydrogen (secondary N) is 2. The van der Waals surface area contributed by atoms with Gasteiger partial charge in [0.05, 0.1) is 11.8 Å². The zero-order chi connectivity index (χ0) is 19.4. The molecule has 1 aliphatic rings. The van der Waals surface area contributed by atoms with E-state index in [4.69, 9.17) is 0 Å². The molecule has 1 aliphatic heterocycles. The van der Waals surface area contributed by atoms with E-state index in [1.807, 2.05) is 0 Å². The smallest absolute Gasteiger partial charge is 0.351 e. The van der Waals surface area contributed by atoms with Crippen LogP contribution in [0.2, 0.25) is 0 Å². The van der Waals surface area contributed by atoms with Crippen molar-refractivity contribution < 1.29 is 22.4 Å². The van der Waals surface area contributed by atoms with Crippen LogP contribution in [0, 0.1) is 5.82 Å². The van der Waals surface area contributed by atoms with Crippen molar-refractivity contribution in [3.8, 4) is 5.69 Å². The van der Waals surface area contributed by atoms with Gasteiger partial charge in [0.2, 0.25) is 0 Å². The number of benzene rings is 1. The van der Waals surface area contributed by atoms with Crippen LogP contribution >= 0.6 is 0 Å². The average molecular weight is 385 g/mol. The number of alkyl halides is 3. The molecule has 0 atom stereocenters. The lowest BCUT2D eigenvalue weighted by Gasteiger charge is -2.27. The molecule has 0 bridgehead atoms. The zero-order valence-corrected chi connectivity index (χ0v) is 14.4. The first-order valence-electron chi connectivity index (χ1n) is 8.49. The number of amides is 1. The Kier molecular flexibility index (Phi) is 5.76. The summed E-state index contributed by atoms with van der Waals surface area (Å²) in [4.78, 5) is 14.4. The second-order valence-corrected chi connectivity index (χ2v) is 6.12. The first-order valence-corrected chi connectivity index (χ1v) is 8.49. The maximum atomic E-state index is 13.9. The first-order chi connectivity index (χ1) is 12.9. The number of rotatable bonds is 5. The SMILES string of the molecule is O=C(NCCN1CCNCC1)c1cnn(-c2ccccc2F)c1C(F)(F)F. The van der Waals surface area contributed by atoms with Gasteiger partial charge in [-0.15, -0.1) is 0 Å². The highest BCUT2D eigenvalue weighted by molar-refractivity contribution is 5.95. The summed E-state index contributed by atoms with van der Waals surface area (Å²) in [6, 6.07) is 4.96. The van der Waals surface area contributed by atoms with E-state index < -0.39 is 29.2 Å². The summed E-state index contributed by atoms with van der Waals surface area (Å²) in [6.07, 6.45) is -4.06. The molecule has 0 unspecified atom stereocenters. The highest BCUT2D eigenvalue weighted by Crippen LogP contribution is 2.34. The standard InChI is InChI=1S/C17H19F4N5O/c18-13-3-1-2-4-14(13)26-15(17(19,20)21)12(11-24-26)16(27)23-7-10-25-8-5-22-6-9-25/h1-4,11,22H,5-10H2,(H,23,27). The zero-order valence-electron chi connectivity index (χ0n) is 14.4. The first kappa shape index (κ1) is 19.3. The normalized spacial score (nSPS) is 15.7. The predicted octanol–water partition coefficient (Wildman–Crippen LogP) is 1.67. The molecule has 6 nitrogen and oxygen atoms in total. The Balaban J connectivity index is 1.78. The lowest BCUT2D eigenvalue weighted by molar-refractivity contribution is -0.143. The summed E-state index contributed by atoms with van der Waals surface area (Å²) in [5.74, 6) is -1.75. The molecule has 0 aliphatic carbocycles. The molecular formula is C17H19F4N5O. The molecule has 2 aromatic rings. The molecule has 1 aromatic carbocycles. The molecule has 0 spiro atoms. The Morgan fingerprint density at radius 3 is 2.59 bits per heavy atom. The number of aromatic nitrogens is 2. The van der Waals surface area contributed by atoms with E-state index in [2.05, 4.69) is 20.6 Å². The molecule has 1 aromatic heterocycles. The van der Waals surface area contributed by atoms with Crippen LogP contribution in [-0.4, -0.2) is 59.9 Å². The van der Waals surface area contributed by atoms with Crippen molar-refractivity contribution in [1.82, 2.24) is 25.3 Å². The minimum atomic E-state index is -4.87. The van der Waals surface area contributed by atoms with Gasteiger partial charge in [-0.05, 0) is 12.1 Å². The fraction of sp³-hybridized carbons (Fsp3) is 0.412. The molecule has 10 heteroatoms. The quantitative estimate of drug-likeness (QED) is 0.769. The van der Waals surface area contributed by atoms with Crippen molar-refractivity contribution in [3.05, 3.63) is 47.5 Å². The van der Waals surface area contributed by atoms with Crippen molar-refractivity contribution in [2.24, 2.45) is 0 Å². The summed E-state index contributed by atoms with van der Waals surface area (Å²) in [5, 5.41) is 9.29. The molecular weight excluding hydrogens is 366 g/mol. The molecule has 0 saturated carbocycles. The number of halogens is 4. The molecule has 2 N–H and O–H groups in total. The van der Waals surface area contributed by atoms with Gasteiger partial charge >= 0.3 is 6.18 Å². The van der Waals surface area contributed by atoms with Crippen LogP contribution in [0.4, 0.5) is 17.6 Å². The van der Waals surface area contributed by atoms with E-state index in [0.29, 0.717) is 11.2 Å². The van der Waals surface area contributed by atoms with Crippen LogP contribution in [0.1, 0.15) is 16.1 Å². The van der Waals surface area contributed by atoms with Crippen LogP contribution in [0.25, 0.3) is 5.69 Å². The predicted molar refractivity (Wildman–Crippen MR) is 90.2 cm³/mol. The molecule has 2 heterocycles. The van der Waals surface area contributed by atoms with E-state index in [-0.39, 0.29) is 12.2 Å². The van der Waals surface area contributed by atoms with Crippen LogP contribution in [-0.2, 0) is 6.18 Å². The molecule has 0 radical (unpaired) electrons. The third-order valence-electron chi connectivity index (χ3n) is 4.29. The highest BCUT2D eigenvalue weighted by Gasteiger charge is 2.41. The number of hydrogen-bond acceptors (Lipinski definition) is 4. The van der Waals surface area contributed by atoms with Gasteiger partial charge in [-0.2, -0.15) is 18.3 Å². The largest absolute Gasteiger partial charge is 0.434 e. The summed E-state index contributed by atoms with van der Waals surface area (Å²) >= 11 is 0. The molecule has 146 valence electrons. The van der Waals surface area contributed by atoms with Gasteiger partial charge in [-0.25, -0.2) is 9.07 Å². The van der Waals surface area contributed by atoms with Gasteiger partial charge < -0.3 is 10.6 Å². The molecule has 1 amide bonds. The lowest BCUT2D eigenvalue weighted by Crippen LogP contribution is -2.46. The van der Waals surface area contributed by atoms with Crippen molar-refractivity contribution >= 4 is 5.91 Å². The minimum Gasteiger partial charge on any atom is -0.351 e. The molecule has 3 rings (SSSR count). The van der Waals surface area contributed by atoms with Gasteiger partial charge in [0.15, 0.2) is 5.69 Å². The summed E-state index contributed by atoms with van der Waals surface area (Å²) in [7, 11) is 0. The summed E-state index contributed by atoms with van der Waals surface area (Å²) in [6.45, 7) is 4.05. The number of carbonyl (C=O) groups excluding carboxylic acids is 1. The van der Waals surface area contributed by atoms with Gasteiger partial charge in [-0.1, -0.05) is 12.1 Å². The van der Waals surface area contributed by atoms with Crippen LogP contribution in [0.15, 0.2) is 30.5 Å². The third-order valence-corrected chi connectivity index (χ3v) is 4.29. The van der Waals surface area contributed by atoms with Crippen molar-refractivity contribution in [2.75, 3.05) is 39.3 Å². The number of carbonyl (C=O) groups is 1. The van der Waals surface area contributed by atoms with Crippen molar-refractivity contribution in [1.29, 1.82) is 0 Å². The molecule has 27 heavy (non-hydrogen) atoms. The van der Waals surface area contributed by atoms with E-state index in [1.54, 1.807) is 0 Å². The lowest BCUT2D eigenvalue weighted by atomic mass is 10.2. The Morgan fingerprint density at radius 1 is 1.22 bits per heavy atom. The Morgan fingerprint density at radius 2 is 1.93 bits per heavy atom. The minimum absolute atomic E-state index is 0.209. The second-order valence-electron chi connectivity index (χ2n) is 6.12. The summed E-state index contributed by atoms with van der Waals surface area (Å²) in [5.41, 5.74) is -2.30. The number of piperazine rings is 1. The fourth-order valence-corrected chi connectivity index (χ4v) is 2.95. The van der Waals surface area contributed by atoms with Crippen molar-refractivity contribution in [2.45, 2.75) is 6.18 Å². The van der Waals surface area contributed by atoms with E-state index in [0.717, 1.165) is 38.4 Å². The van der Waals surface area contributed by atoms with E-state index >= 15 is 0 Å². The van der Waals surface area contributed by atoms with Crippen LogP contribution < -0.4 is 10.6 Å². The van der Waals surface area contributed by atoms with Crippen LogP contribution in [0.5, 0.6) is 0 Å². The van der Waals surface area contributed by atoms with Crippen molar-refractivity contribution in [3.63, 3.8) is 0 Å². The maximum absolute atomic E-state index is 13.9. The number of para-hydroxylation sites is 1. The second kappa shape index (κ2) is 8.05. The molecule has 1 saturated heterocycles. The van der Waals surface area contributed by atoms with Gasteiger partial charge in [-0.3, -0.25) is 9.69 Å².